The predicted octanol–water partition coefficient (Wildman–Crippen LogP) is 2.83. The van der Waals surface area contributed by atoms with Crippen LogP contribution < -0.4 is 5.32 Å². The molecule has 0 atom stereocenters. The van der Waals surface area contributed by atoms with Gasteiger partial charge in [0.15, 0.2) is 0 Å². The van der Waals surface area contributed by atoms with Gasteiger partial charge in [-0.3, -0.25) is 0 Å². The molecule has 0 unspecified atom stereocenters. The average Bonchev–Trinajstić information content (AvgIpc) is 1.98. The van der Waals surface area contributed by atoms with Crippen LogP contribution in [0.2, 0.25) is 0 Å². The third-order valence-corrected chi connectivity index (χ3v) is 3.29. The summed E-state index contributed by atoms with van der Waals surface area (Å²) < 4.78 is 5.07. The molecule has 90 valence electrons. The van der Waals surface area contributed by atoms with E-state index in [2.05, 4.69) is 33.0 Å². The molecule has 0 bridgehead atoms. The maximum Gasteiger partial charge on any atom is 0.0587 e. The quantitative estimate of drug-likeness (QED) is 0.725. The molecule has 0 heterocycles. The third kappa shape index (κ3) is 4.52. The Kier molecular flexibility index (Phi) is 4.19. The second-order valence-electron chi connectivity index (χ2n) is 6.56. The molecule has 0 aliphatic heterocycles. The minimum atomic E-state index is 0.479. The topological polar surface area (TPSA) is 21.3 Å². The molecule has 1 rings (SSSR count). The first-order chi connectivity index (χ1) is 6.85. The smallest absolute Gasteiger partial charge is 0.0587 e. The summed E-state index contributed by atoms with van der Waals surface area (Å²) in [5.74, 6) is 0. The minimum absolute atomic E-state index is 0.479. The maximum absolute atomic E-state index is 5.07. The van der Waals surface area contributed by atoms with Crippen molar-refractivity contribution in [2.75, 3.05) is 20.3 Å². The summed E-state index contributed by atoms with van der Waals surface area (Å²) >= 11 is 0. The molecule has 0 radical (unpaired) electrons. The largest absolute Gasteiger partial charge is 0.383 e. The van der Waals surface area contributed by atoms with Crippen molar-refractivity contribution >= 4 is 0 Å². The Hall–Kier alpha value is -0.0800. The first-order valence-corrected chi connectivity index (χ1v) is 6.07. The van der Waals surface area contributed by atoms with Gasteiger partial charge in [0.05, 0.1) is 6.61 Å². The zero-order chi connectivity index (χ0) is 11.5. The monoisotopic (exact) mass is 213 g/mol. The zero-order valence-electron chi connectivity index (χ0n) is 11.0. The van der Waals surface area contributed by atoms with E-state index in [1.165, 1.54) is 19.3 Å². The molecule has 0 aromatic carbocycles. The molecular weight excluding hydrogens is 186 g/mol. The van der Waals surface area contributed by atoms with Crippen LogP contribution >= 0.6 is 0 Å². The third-order valence-electron chi connectivity index (χ3n) is 3.29. The van der Waals surface area contributed by atoms with Crippen LogP contribution in [0, 0.1) is 10.8 Å². The molecule has 1 N–H and O–H groups in total. The predicted molar refractivity (Wildman–Crippen MR) is 65.1 cm³/mol. The van der Waals surface area contributed by atoms with Gasteiger partial charge in [-0.2, -0.15) is 0 Å². The lowest BCUT2D eigenvalue weighted by Crippen LogP contribution is -2.44. The second kappa shape index (κ2) is 4.84. The highest BCUT2D eigenvalue weighted by Crippen LogP contribution is 2.45. The van der Waals surface area contributed by atoms with Gasteiger partial charge < -0.3 is 10.1 Å². The van der Waals surface area contributed by atoms with Gasteiger partial charge in [0.1, 0.15) is 0 Å². The van der Waals surface area contributed by atoms with Crippen molar-refractivity contribution in [3.63, 3.8) is 0 Å². The molecule has 0 spiro atoms. The van der Waals surface area contributed by atoms with Gasteiger partial charge in [-0.15, -0.1) is 0 Å². The van der Waals surface area contributed by atoms with Gasteiger partial charge >= 0.3 is 0 Å². The van der Waals surface area contributed by atoms with Gasteiger partial charge in [0.25, 0.3) is 0 Å². The van der Waals surface area contributed by atoms with Crippen LogP contribution in [0.3, 0.4) is 0 Å². The van der Waals surface area contributed by atoms with Gasteiger partial charge in [-0.05, 0) is 30.1 Å². The van der Waals surface area contributed by atoms with Crippen molar-refractivity contribution in [2.24, 2.45) is 10.8 Å². The normalized spacial score (nSPS) is 25.4. The van der Waals surface area contributed by atoms with Crippen LogP contribution in [0.1, 0.15) is 47.0 Å². The van der Waals surface area contributed by atoms with E-state index in [-0.39, 0.29) is 0 Å². The van der Waals surface area contributed by atoms with Crippen molar-refractivity contribution in [2.45, 2.75) is 53.0 Å². The van der Waals surface area contributed by atoms with Crippen LogP contribution in [-0.4, -0.2) is 26.3 Å². The Morgan fingerprint density at radius 2 is 1.67 bits per heavy atom. The molecule has 0 saturated heterocycles. The van der Waals surface area contributed by atoms with Gasteiger partial charge in [0, 0.05) is 19.7 Å². The highest BCUT2D eigenvalue weighted by atomic mass is 16.5. The van der Waals surface area contributed by atoms with E-state index >= 15 is 0 Å². The molecule has 0 amide bonds. The van der Waals surface area contributed by atoms with Crippen molar-refractivity contribution in [3.05, 3.63) is 0 Å². The van der Waals surface area contributed by atoms with E-state index < -0.39 is 0 Å². The lowest BCUT2D eigenvalue weighted by molar-refractivity contribution is 0.0810. The fraction of sp³-hybridized carbons (Fsp3) is 1.00. The Balaban J connectivity index is 2.44. The lowest BCUT2D eigenvalue weighted by Gasteiger charge is -2.45. The highest BCUT2D eigenvalue weighted by molar-refractivity contribution is 4.92. The molecular formula is C13H27NO. The van der Waals surface area contributed by atoms with Crippen LogP contribution in [-0.2, 0) is 4.74 Å². The van der Waals surface area contributed by atoms with Gasteiger partial charge in [-0.25, -0.2) is 0 Å². The average molecular weight is 213 g/mol. The Labute approximate surface area is 94.8 Å². The zero-order valence-corrected chi connectivity index (χ0v) is 11.0. The maximum atomic E-state index is 5.07. The van der Waals surface area contributed by atoms with Gasteiger partial charge in [0.2, 0.25) is 0 Å². The minimum Gasteiger partial charge on any atom is -0.383 e. The summed E-state index contributed by atoms with van der Waals surface area (Å²) in [4.78, 5) is 0. The van der Waals surface area contributed by atoms with Crippen molar-refractivity contribution < 1.29 is 4.74 Å². The first kappa shape index (κ1) is 13.0. The Morgan fingerprint density at radius 1 is 1.13 bits per heavy atom. The molecule has 2 nitrogen and oxygen atoms in total. The number of ether oxygens (including phenoxy) is 1. The van der Waals surface area contributed by atoms with Crippen LogP contribution in [0.15, 0.2) is 0 Å². The van der Waals surface area contributed by atoms with Crippen molar-refractivity contribution in [3.8, 4) is 0 Å². The van der Waals surface area contributed by atoms with E-state index in [1.54, 1.807) is 7.11 Å². The molecule has 1 aliphatic carbocycles. The first-order valence-electron chi connectivity index (χ1n) is 6.07. The van der Waals surface area contributed by atoms with Crippen LogP contribution in [0.25, 0.3) is 0 Å². The summed E-state index contributed by atoms with van der Waals surface area (Å²) in [7, 11) is 1.76. The van der Waals surface area contributed by atoms with E-state index in [0.717, 1.165) is 13.2 Å². The number of hydrogen-bond acceptors (Lipinski definition) is 2. The second-order valence-corrected chi connectivity index (χ2v) is 6.56. The summed E-state index contributed by atoms with van der Waals surface area (Å²) in [6.45, 7) is 11.3. The summed E-state index contributed by atoms with van der Waals surface area (Å²) in [5, 5.41) is 3.61. The van der Waals surface area contributed by atoms with Crippen molar-refractivity contribution in [1.29, 1.82) is 0 Å². The van der Waals surface area contributed by atoms with Crippen LogP contribution in [0.5, 0.6) is 0 Å². The molecule has 15 heavy (non-hydrogen) atoms. The Morgan fingerprint density at radius 3 is 2.13 bits per heavy atom. The molecule has 1 saturated carbocycles. The Bertz CT molecular complexity index is 183. The van der Waals surface area contributed by atoms with E-state index in [1.807, 2.05) is 0 Å². The van der Waals surface area contributed by atoms with Gasteiger partial charge in [-0.1, -0.05) is 27.7 Å². The highest BCUT2D eigenvalue weighted by Gasteiger charge is 2.37. The van der Waals surface area contributed by atoms with E-state index in [9.17, 15) is 0 Å². The summed E-state index contributed by atoms with van der Waals surface area (Å²) in [6, 6.07) is 0.666. The number of nitrogens with one attached hydrogen (secondary N) is 1. The fourth-order valence-corrected chi connectivity index (χ4v) is 3.36. The van der Waals surface area contributed by atoms with E-state index in [4.69, 9.17) is 4.74 Å². The van der Waals surface area contributed by atoms with Crippen molar-refractivity contribution in [1.82, 2.24) is 5.32 Å². The molecule has 1 aliphatic rings. The SMILES string of the molecule is COCCNC1CC(C)(C)CC(C)(C)C1. The summed E-state index contributed by atoms with van der Waals surface area (Å²) in [6.07, 6.45) is 3.92. The molecule has 2 heteroatoms. The standard InChI is InChI=1S/C13H27NO/c1-12(2)8-11(14-6-7-15-5)9-13(3,4)10-12/h11,14H,6-10H2,1-5H3. The lowest BCUT2D eigenvalue weighted by atomic mass is 9.63. The molecule has 1 fully saturated rings. The number of hydrogen-bond donors (Lipinski definition) is 1. The molecule has 0 aromatic rings. The number of methoxy groups -OCH3 is 1. The van der Waals surface area contributed by atoms with E-state index in [0.29, 0.717) is 16.9 Å². The summed E-state index contributed by atoms with van der Waals surface area (Å²) in [5.41, 5.74) is 0.957. The fourth-order valence-electron chi connectivity index (χ4n) is 3.36. The van der Waals surface area contributed by atoms with Crippen LogP contribution in [0.4, 0.5) is 0 Å². The molecule has 0 aromatic heterocycles. The number of rotatable bonds is 4.